The van der Waals surface area contributed by atoms with E-state index in [4.69, 9.17) is 0 Å². The zero-order valence-corrected chi connectivity index (χ0v) is 12.4. The average molecular weight is 262 g/mol. The topological polar surface area (TPSA) is 45.1 Å². The fourth-order valence-corrected chi connectivity index (χ4v) is 2.69. The highest BCUT2D eigenvalue weighted by Crippen LogP contribution is 2.39. The summed E-state index contributed by atoms with van der Waals surface area (Å²) in [5.74, 6) is 0. The number of rotatable bonds is 4. The SMILES string of the molecule is Cc1cccc(CNCC2(O)CCC(C)(C)CC2)n1. The number of hydrogen-bond donors (Lipinski definition) is 2. The molecule has 3 heteroatoms. The van der Waals surface area contributed by atoms with Crippen molar-refractivity contribution >= 4 is 0 Å². The van der Waals surface area contributed by atoms with Gasteiger partial charge in [-0.2, -0.15) is 0 Å². The summed E-state index contributed by atoms with van der Waals surface area (Å²) in [5.41, 5.74) is 1.95. The van der Waals surface area contributed by atoms with Gasteiger partial charge < -0.3 is 10.4 Å². The first-order valence-corrected chi connectivity index (χ1v) is 7.24. The fraction of sp³-hybridized carbons (Fsp3) is 0.688. The Bertz CT molecular complexity index is 419. The van der Waals surface area contributed by atoms with Gasteiger partial charge in [0.1, 0.15) is 0 Å². The quantitative estimate of drug-likeness (QED) is 0.877. The van der Waals surface area contributed by atoms with E-state index in [0.717, 1.165) is 43.6 Å². The van der Waals surface area contributed by atoms with Crippen molar-refractivity contribution in [3.63, 3.8) is 0 Å². The van der Waals surface area contributed by atoms with Crippen LogP contribution < -0.4 is 5.32 Å². The Labute approximate surface area is 116 Å². The van der Waals surface area contributed by atoms with Crippen LogP contribution in [0.1, 0.15) is 50.9 Å². The molecule has 1 aromatic rings. The van der Waals surface area contributed by atoms with Crippen LogP contribution in [0.3, 0.4) is 0 Å². The molecule has 0 radical (unpaired) electrons. The standard InChI is InChI=1S/C16H26N2O/c1-13-5-4-6-14(18-13)11-17-12-16(19)9-7-15(2,3)8-10-16/h4-6,17,19H,7-12H2,1-3H3. The van der Waals surface area contributed by atoms with E-state index in [1.165, 1.54) is 0 Å². The van der Waals surface area contributed by atoms with Crippen molar-refractivity contribution in [1.29, 1.82) is 0 Å². The molecule has 0 saturated heterocycles. The minimum absolute atomic E-state index is 0.393. The van der Waals surface area contributed by atoms with Crippen LogP contribution in [0.5, 0.6) is 0 Å². The highest BCUT2D eigenvalue weighted by atomic mass is 16.3. The molecule has 1 aromatic heterocycles. The van der Waals surface area contributed by atoms with Gasteiger partial charge >= 0.3 is 0 Å². The summed E-state index contributed by atoms with van der Waals surface area (Å²) in [6.07, 6.45) is 4.00. The monoisotopic (exact) mass is 262 g/mol. The molecule has 1 heterocycles. The molecule has 0 unspecified atom stereocenters. The molecule has 1 fully saturated rings. The van der Waals surface area contributed by atoms with Gasteiger partial charge in [-0.15, -0.1) is 0 Å². The van der Waals surface area contributed by atoms with Crippen LogP contribution in [-0.4, -0.2) is 22.2 Å². The second-order valence-corrected chi connectivity index (χ2v) is 6.76. The first-order valence-electron chi connectivity index (χ1n) is 7.24. The van der Waals surface area contributed by atoms with Gasteiger partial charge in [-0.05, 0) is 50.2 Å². The smallest absolute Gasteiger partial charge is 0.0772 e. The number of hydrogen-bond acceptors (Lipinski definition) is 3. The van der Waals surface area contributed by atoms with Crippen molar-refractivity contribution in [3.05, 3.63) is 29.6 Å². The molecule has 2 rings (SSSR count). The fourth-order valence-electron chi connectivity index (χ4n) is 2.69. The Balaban J connectivity index is 1.79. The molecule has 1 saturated carbocycles. The minimum atomic E-state index is -0.528. The predicted molar refractivity (Wildman–Crippen MR) is 77.9 cm³/mol. The molecule has 1 aliphatic rings. The van der Waals surface area contributed by atoms with Crippen molar-refractivity contribution < 1.29 is 5.11 Å². The summed E-state index contributed by atoms with van der Waals surface area (Å²) in [5, 5.41) is 13.9. The highest BCUT2D eigenvalue weighted by molar-refractivity contribution is 5.09. The molecule has 3 nitrogen and oxygen atoms in total. The van der Waals surface area contributed by atoms with Crippen LogP contribution in [-0.2, 0) is 6.54 Å². The average Bonchev–Trinajstić information content (AvgIpc) is 2.34. The second-order valence-electron chi connectivity index (χ2n) is 6.76. The first-order chi connectivity index (χ1) is 8.89. The number of nitrogens with zero attached hydrogens (tertiary/aromatic N) is 1. The van der Waals surface area contributed by atoms with Gasteiger partial charge in [0.05, 0.1) is 11.3 Å². The lowest BCUT2D eigenvalue weighted by atomic mass is 9.71. The molecule has 19 heavy (non-hydrogen) atoms. The van der Waals surface area contributed by atoms with Crippen LogP contribution in [0, 0.1) is 12.3 Å². The lowest BCUT2D eigenvalue weighted by Gasteiger charge is -2.40. The third-order valence-electron chi connectivity index (χ3n) is 4.24. The van der Waals surface area contributed by atoms with Crippen LogP contribution in [0.2, 0.25) is 0 Å². The van der Waals surface area contributed by atoms with Gasteiger partial charge in [0, 0.05) is 18.8 Å². The predicted octanol–water partition coefficient (Wildman–Crippen LogP) is 2.81. The number of nitrogens with one attached hydrogen (secondary N) is 1. The molecule has 0 aliphatic heterocycles. The Morgan fingerprint density at radius 2 is 1.89 bits per heavy atom. The highest BCUT2D eigenvalue weighted by Gasteiger charge is 2.36. The zero-order chi connectivity index (χ0) is 13.9. The number of aliphatic hydroxyl groups is 1. The summed E-state index contributed by atoms with van der Waals surface area (Å²) >= 11 is 0. The summed E-state index contributed by atoms with van der Waals surface area (Å²) in [6, 6.07) is 6.05. The van der Waals surface area contributed by atoms with Crippen molar-refractivity contribution in [2.45, 2.75) is 58.6 Å². The molecule has 106 valence electrons. The van der Waals surface area contributed by atoms with E-state index in [1.807, 2.05) is 25.1 Å². The molecule has 0 amide bonds. The second kappa shape index (κ2) is 5.59. The van der Waals surface area contributed by atoms with E-state index in [0.29, 0.717) is 12.0 Å². The lowest BCUT2D eigenvalue weighted by molar-refractivity contribution is -0.0245. The Morgan fingerprint density at radius 1 is 1.21 bits per heavy atom. The number of aromatic nitrogens is 1. The van der Waals surface area contributed by atoms with Crippen molar-refractivity contribution in [3.8, 4) is 0 Å². The van der Waals surface area contributed by atoms with Crippen molar-refractivity contribution in [2.24, 2.45) is 5.41 Å². The third-order valence-corrected chi connectivity index (χ3v) is 4.24. The minimum Gasteiger partial charge on any atom is -0.389 e. The van der Waals surface area contributed by atoms with Gasteiger partial charge in [-0.3, -0.25) is 4.98 Å². The van der Waals surface area contributed by atoms with Gasteiger partial charge in [-0.25, -0.2) is 0 Å². The van der Waals surface area contributed by atoms with E-state index in [1.54, 1.807) is 0 Å². The van der Waals surface area contributed by atoms with Crippen LogP contribution in [0.4, 0.5) is 0 Å². The summed E-state index contributed by atoms with van der Waals surface area (Å²) < 4.78 is 0. The van der Waals surface area contributed by atoms with Crippen LogP contribution in [0.25, 0.3) is 0 Å². The normalized spacial score (nSPS) is 21.3. The Hall–Kier alpha value is -0.930. The maximum Gasteiger partial charge on any atom is 0.0772 e. The first kappa shape index (κ1) is 14.5. The maximum absolute atomic E-state index is 10.6. The van der Waals surface area contributed by atoms with E-state index in [9.17, 15) is 5.11 Å². The molecule has 2 N–H and O–H groups in total. The third kappa shape index (κ3) is 4.29. The molecular weight excluding hydrogens is 236 g/mol. The molecule has 0 atom stereocenters. The van der Waals surface area contributed by atoms with Gasteiger partial charge in [0.25, 0.3) is 0 Å². The molecule has 1 aliphatic carbocycles. The Kier molecular flexibility index (Phi) is 4.26. The van der Waals surface area contributed by atoms with Crippen molar-refractivity contribution in [1.82, 2.24) is 10.3 Å². The van der Waals surface area contributed by atoms with Gasteiger partial charge in [-0.1, -0.05) is 19.9 Å². The van der Waals surface area contributed by atoms with Gasteiger partial charge in [0.2, 0.25) is 0 Å². The largest absolute Gasteiger partial charge is 0.389 e. The van der Waals surface area contributed by atoms with Crippen LogP contribution in [0.15, 0.2) is 18.2 Å². The van der Waals surface area contributed by atoms with Crippen LogP contribution >= 0.6 is 0 Å². The summed E-state index contributed by atoms with van der Waals surface area (Å²) in [7, 11) is 0. The van der Waals surface area contributed by atoms with E-state index in [2.05, 4.69) is 24.1 Å². The molecule has 0 aromatic carbocycles. The maximum atomic E-state index is 10.6. The van der Waals surface area contributed by atoms with Gasteiger partial charge in [0.15, 0.2) is 0 Å². The lowest BCUT2D eigenvalue weighted by Crippen LogP contribution is -2.44. The summed E-state index contributed by atoms with van der Waals surface area (Å²) in [6.45, 7) is 7.97. The number of pyridine rings is 1. The molecule has 0 bridgehead atoms. The van der Waals surface area contributed by atoms with Crippen molar-refractivity contribution in [2.75, 3.05) is 6.54 Å². The summed E-state index contributed by atoms with van der Waals surface area (Å²) in [4.78, 5) is 4.46. The molecule has 0 spiro atoms. The molecular formula is C16H26N2O. The zero-order valence-electron chi connectivity index (χ0n) is 12.4. The van der Waals surface area contributed by atoms with E-state index >= 15 is 0 Å². The number of aryl methyl sites for hydroxylation is 1. The van der Waals surface area contributed by atoms with E-state index < -0.39 is 5.60 Å². The Morgan fingerprint density at radius 3 is 2.53 bits per heavy atom. The van der Waals surface area contributed by atoms with E-state index in [-0.39, 0.29) is 0 Å².